The Morgan fingerprint density at radius 3 is 3.00 bits per heavy atom. The fourth-order valence-corrected chi connectivity index (χ4v) is 1.74. The third kappa shape index (κ3) is 4.83. The molecule has 1 N–H and O–H groups in total. The van der Waals surface area contributed by atoms with Crippen LogP contribution in [0.15, 0.2) is 22.7 Å². The lowest BCUT2D eigenvalue weighted by molar-refractivity contribution is -0.142. The zero-order chi connectivity index (χ0) is 12.7. The highest BCUT2D eigenvalue weighted by Gasteiger charge is 2.05. The van der Waals surface area contributed by atoms with E-state index in [1.807, 2.05) is 6.07 Å². The highest BCUT2D eigenvalue weighted by molar-refractivity contribution is 9.10. The SMILES string of the molecule is CCOC(=O)CCNCc1cccc(F)c1Br. The molecule has 0 unspecified atom stereocenters. The van der Waals surface area contributed by atoms with Crippen molar-refractivity contribution in [2.45, 2.75) is 19.9 Å². The Morgan fingerprint density at radius 1 is 1.53 bits per heavy atom. The summed E-state index contributed by atoms with van der Waals surface area (Å²) >= 11 is 3.18. The third-order valence-corrected chi connectivity index (χ3v) is 3.05. The van der Waals surface area contributed by atoms with E-state index in [4.69, 9.17) is 4.74 Å². The number of carbonyl (C=O) groups is 1. The fourth-order valence-electron chi connectivity index (χ4n) is 1.33. The maximum atomic E-state index is 13.2. The number of carbonyl (C=O) groups excluding carboxylic acids is 1. The quantitative estimate of drug-likeness (QED) is 0.648. The van der Waals surface area contributed by atoms with Gasteiger partial charge in [0.15, 0.2) is 0 Å². The van der Waals surface area contributed by atoms with Crippen LogP contribution in [0.5, 0.6) is 0 Å². The minimum Gasteiger partial charge on any atom is -0.466 e. The summed E-state index contributed by atoms with van der Waals surface area (Å²) in [6, 6.07) is 4.87. The molecular weight excluding hydrogens is 289 g/mol. The Hall–Kier alpha value is -0.940. The number of hydrogen-bond donors (Lipinski definition) is 1. The molecule has 0 spiro atoms. The molecule has 0 atom stereocenters. The monoisotopic (exact) mass is 303 g/mol. The smallest absolute Gasteiger partial charge is 0.307 e. The molecule has 17 heavy (non-hydrogen) atoms. The van der Waals surface area contributed by atoms with Crippen molar-refractivity contribution < 1.29 is 13.9 Å². The fraction of sp³-hybridized carbons (Fsp3) is 0.417. The van der Waals surface area contributed by atoms with E-state index in [2.05, 4.69) is 21.2 Å². The van der Waals surface area contributed by atoms with Crippen LogP contribution >= 0.6 is 15.9 Å². The van der Waals surface area contributed by atoms with Crippen molar-refractivity contribution in [2.24, 2.45) is 0 Å². The van der Waals surface area contributed by atoms with E-state index < -0.39 is 0 Å². The van der Waals surface area contributed by atoms with Crippen molar-refractivity contribution in [3.05, 3.63) is 34.1 Å². The first kappa shape index (κ1) is 14.1. The Morgan fingerprint density at radius 2 is 2.29 bits per heavy atom. The van der Waals surface area contributed by atoms with Crippen LogP contribution in [0.1, 0.15) is 18.9 Å². The molecule has 5 heteroatoms. The van der Waals surface area contributed by atoms with E-state index in [0.29, 0.717) is 30.6 Å². The lowest BCUT2D eigenvalue weighted by Gasteiger charge is -2.07. The molecule has 0 aliphatic carbocycles. The minimum atomic E-state index is -0.283. The van der Waals surface area contributed by atoms with Gasteiger partial charge >= 0.3 is 5.97 Å². The molecule has 0 amide bonds. The summed E-state index contributed by atoms with van der Waals surface area (Å²) in [4.78, 5) is 11.0. The summed E-state index contributed by atoms with van der Waals surface area (Å²) in [6.07, 6.45) is 0.320. The van der Waals surface area contributed by atoms with Crippen molar-refractivity contribution in [3.8, 4) is 0 Å². The van der Waals surface area contributed by atoms with Crippen molar-refractivity contribution >= 4 is 21.9 Å². The van der Waals surface area contributed by atoms with Crippen molar-refractivity contribution in [1.29, 1.82) is 0 Å². The van der Waals surface area contributed by atoms with Gasteiger partial charge in [0.1, 0.15) is 5.82 Å². The Kier molecular flexibility index (Phi) is 6.15. The highest BCUT2D eigenvalue weighted by atomic mass is 79.9. The molecular formula is C12H15BrFNO2. The molecule has 0 aliphatic rings. The van der Waals surface area contributed by atoms with Gasteiger partial charge in [-0.25, -0.2) is 4.39 Å². The van der Waals surface area contributed by atoms with Gasteiger partial charge in [0.25, 0.3) is 0 Å². The maximum absolute atomic E-state index is 13.2. The molecule has 3 nitrogen and oxygen atoms in total. The van der Waals surface area contributed by atoms with Gasteiger partial charge in [0.05, 0.1) is 17.5 Å². The van der Waals surface area contributed by atoms with Crippen LogP contribution in [0, 0.1) is 5.82 Å². The van der Waals surface area contributed by atoms with Crippen LogP contribution in [-0.4, -0.2) is 19.1 Å². The molecule has 0 fully saturated rings. The summed E-state index contributed by atoms with van der Waals surface area (Å²) < 4.78 is 18.4. The average Bonchev–Trinajstić information content (AvgIpc) is 2.30. The largest absolute Gasteiger partial charge is 0.466 e. The number of halogens is 2. The standard InChI is InChI=1S/C12H15BrFNO2/c1-2-17-11(16)6-7-15-8-9-4-3-5-10(14)12(9)13/h3-5,15H,2,6-8H2,1H3. The molecule has 0 aliphatic heterocycles. The van der Waals surface area contributed by atoms with Gasteiger partial charge in [-0.15, -0.1) is 0 Å². The Balaban J connectivity index is 2.31. The molecule has 0 saturated heterocycles. The minimum absolute atomic E-state index is 0.224. The lowest BCUT2D eigenvalue weighted by atomic mass is 10.2. The molecule has 0 bridgehead atoms. The summed E-state index contributed by atoms with van der Waals surface area (Å²) in [5, 5.41) is 3.06. The molecule has 0 radical (unpaired) electrons. The number of esters is 1. The zero-order valence-electron chi connectivity index (χ0n) is 9.63. The predicted molar refractivity (Wildman–Crippen MR) is 67.1 cm³/mol. The van der Waals surface area contributed by atoms with E-state index >= 15 is 0 Å². The zero-order valence-corrected chi connectivity index (χ0v) is 11.2. The van der Waals surface area contributed by atoms with Crippen LogP contribution in [0.2, 0.25) is 0 Å². The number of rotatable bonds is 6. The number of benzene rings is 1. The first-order valence-electron chi connectivity index (χ1n) is 5.44. The van der Waals surface area contributed by atoms with Gasteiger partial charge < -0.3 is 10.1 Å². The number of ether oxygens (including phenoxy) is 1. The summed E-state index contributed by atoms with van der Waals surface area (Å²) in [5.74, 6) is -0.506. The third-order valence-electron chi connectivity index (χ3n) is 2.16. The van der Waals surface area contributed by atoms with Crippen LogP contribution in [0.3, 0.4) is 0 Å². The molecule has 94 valence electrons. The van der Waals surface area contributed by atoms with Gasteiger partial charge in [-0.2, -0.15) is 0 Å². The van der Waals surface area contributed by atoms with Crippen LogP contribution in [0.4, 0.5) is 4.39 Å². The first-order valence-corrected chi connectivity index (χ1v) is 6.23. The van der Waals surface area contributed by atoms with Crippen molar-refractivity contribution in [1.82, 2.24) is 5.32 Å². The van der Waals surface area contributed by atoms with Gasteiger partial charge in [-0.1, -0.05) is 12.1 Å². The van der Waals surface area contributed by atoms with E-state index in [1.54, 1.807) is 13.0 Å². The van der Waals surface area contributed by atoms with E-state index in [0.717, 1.165) is 5.56 Å². The normalized spacial score (nSPS) is 10.3. The van der Waals surface area contributed by atoms with Gasteiger partial charge in [0.2, 0.25) is 0 Å². The Labute approximate surface area is 108 Å². The first-order chi connectivity index (χ1) is 8.15. The van der Waals surface area contributed by atoms with Gasteiger partial charge in [-0.3, -0.25) is 4.79 Å². The van der Waals surface area contributed by atoms with Crippen LogP contribution in [-0.2, 0) is 16.1 Å². The van der Waals surface area contributed by atoms with Crippen LogP contribution in [0.25, 0.3) is 0 Å². The van der Waals surface area contributed by atoms with Crippen LogP contribution < -0.4 is 5.32 Å². The molecule has 1 aromatic rings. The van der Waals surface area contributed by atoms with Crippen molar-refractivity contribution in [3.63, 3.8) is 0 Å². The topological polar surface area (TPSA) is 38.3 Å². The lowest BCUT2D eigenvalue weighted by Crippen LogP contribution is -2.19. The maximum Gasteiger partial charge on any atom is 0.307 e. The summed E-state index contributed by atoms with van der Waals surface area (Å²) in [6.45, 7) is 3.20. The second-order valence-electron chi connectivity index (χ2n) is 3.44. The summed E-state index contributed by atoms with van der Waals surface area (Å²) in [5.41, 5.74) is 0.828. The van der Waals surface area contributed by atoms with Crippen molar-refractivity contribution in [2.75, 3.05) is 13.2 Å². The summed E-state index contributed by atoms with van der Waals surface area (Å²) in [7, 11) is 0. The van der Waals surface area contributed by atoms with Gasteiger partial charge in [0, 0.05) is 13.1 Å². The molecule has 1 aromatic carbocycles. The highest BCUT2D eigenvalue weighted by Crippen LogP contribution is 2.19. The number of nitrogens with one attached hydrogen (secondary N) is 1. The second kappa shape index (κ2) is 7.40. The van der Waals surface area contributed by atoms with E-state index in [1.165, 1.54) is 6.07 Å². The van der Waals surface area contributed by atoms with Gasteiger partial charge in [-0.05, 0) is 34.5 Å². The second-order valence-corrected chi connectivity index (χ2v) is 4.24. The van der Waals surface area contributed by atoms with E-state index in [-0.39, 0.29) is 11.8 Å². The average molecular weight is 304 g/mol. The predicted octanol–water partition coefficient (Wildman–Crippen LogP) is 2.63. The molecule has 1 rings (SSSR count). The van der Waals surface area contributed by atoms with E-state index in [9.17, 15) is 9.18 Å². The Bertz CT molecular complexity index is 385. The molecule has 0 aromatic heterocycles. The number of hydrogen-bond acceptors (Lipinski definition) is 3. The molecule has 0 heterocycles. The molecule has 0 saturated carbocycles.